The van der Waals surface area contributed by atoms with Crippen molar-refractivity contribution in [3.8, 4) is 11.4 Å². The fraction of sp³-hybridized carbons (Fsp3) is 0.125. The van der Waals surface area contributed by atoms with Gasteiger partial charge in [0.05, 0.1) is 17.9 Å². The molecule has 4 aromatic rings. The first-order chi connectivity index (χ1) is 16.0. The summed E-state index contributed by atoms with van der Waals surface area (Å²) in [6.45, 7) is 0. The van der Waals surface area contributed by atoms with Gasteiger partial charge in [-0.05, 0) is 48.0 Å². The molecule has 0 saturated carbocycles. The molecule has 1 amide bonds. The van der Waals surface area contributed by atoms with E-state index in [0.29, 0.717) is 17.3 Å². The second kappa shape index (κ2) is 10.5. The van der Waals surface area contributed by atoms with Gasteiger partial charge in [0.15, 0.2) is 5.16 Å². The number of halogens is 2. The highest BCUT2D eigenvalue weighted by Crippen LogP contribution is 2.26. The van der Waals surface area contributed by atoms with Crippen LogP contribution in [0.3, 0.4) is 0 Å². The molecule has 0 spiro atoms. The highest BCUT2D eigenvalue weighted by Gasteiger charge is 2.17. The van der Waals surface area contributed by atoms with E-state index in [1.807, 2.05) is 59.2 Å². The van der Waals surface area contributed by atoms with Crippen LogP contribution >= 0.6 is 23.4 Å². The third-order valence-corrected chi connectivity index (χ3v) is 5.99. The minimum absolute atomic E-state index is 0.0507. The molecule has 0 aliphatic heterocycles. The zero-order valence-electron chi connectivity index (χ0n) is 17.7. The number of hydrogen-bond acceptors (Lipinski definition) is 5. The molecule has 33 heavy (non-hydrogen) atoms. The molecule has 0 fully saturated rings. The number of carbonyl (C=O) groups excluding carboxylic acids is 1. The lowest BCUT2D eigenvalue weighted by Crippen LogP contribution is -2.14. The predicted molar refractivity (Wildman–Crippen MR) is 128 cm³/mol. The number of nitrogens with zero attached hydrogens (tertiary/aromatic N) is 3. The Bertz CT molecular complexity index is 1250. The maximum Gasteiger partial charge on any atom is 0.234 e. The average Bonchev–Trinajstić information content (AvgIpc) is 3.23. The van der Waals surface area contributed by atoms with Crippen LogP contribution in [-0.2, 0) is 11.2 Å². The van der Waals surface area contributed by atoms with Crippen molar-refractivity contribution < 1.29 is 13.9 Å². The lowest BCUT2D eigenvalue weighted by molar-refractivity contribution is -0.113. The molecule has 1 N–H and O–H groups in total. The van der Waals surface area contributed by atoms with Crippen LogP contribution in [0.15, 0.2) is 78.0 Å². The van der Waals surface area contributed by atoms with Crippen LogP contribution < -0.4 is 10.1 Å². The van der Waals surface area contributed by atoms with Gasteiger partial charge in [-0.25, -0.2) is 4.39 Å². The van der Waals surface area contributed by atoms with Crippen LogP contribution in [0.25, 0.3) is 5.69 Å². The summed E-state index contributed by atoms with van der Waals surface area (Å²) in [7, 11) is 1.61. The molecule has 168 valence electrons. The number of thioether (sulfide) groups is 1. The molecule has 4 rings (SSSR count). The number of hydrogen-bond donors (Lipinski definition) is 1. The molecular formula is C24H20ClFN4O2S. The third kappa shape index (κ3) is 5.71. The lowest BCUT2D eigenvalue weighted by Gasteiger charge is -2.11. The van der Waals surface area contributed by atoms with Gasteiger partial charge in [0, 0.05) is 17.8 Å². The number of benzene rings is 3. The van der Waals surface area contributed by atoms with Gasteiger partial charge >= 0.3 is 0 Å². The van der Waals surface area contributed by atoms with Crippen molar-refractivity contribution in [1.82, 2.24) is 14.8 Å². The SMILES string of the molecule is COc1ccc(-n2c(Cc3ccccc3)nnc2SCC(=O)Nc2ccc(F)c(Cl)c2)cc1. The fourth-order valence-electron chi connectivity index (χ4n) is 3.18. The van der Waals surface area contributed by atoms with Crippen LogP contribution in [0.1, 0.15) is 11.4 Å². The Hall–Kier alpha value is -3.36. The van der Waals surface area contributed by atoms with Gasteiger partial charge in [0.25, 0.3) is 0 Å². The van der Waals surface area contributed by atoms with Crippen molar-refractivity contribution in [3.63, 3.8) is 0 Å². The number of nitrogens with one attached hydrogen (secondary N) is 1. The minimum Gasteiger partial charge on any atom is -0.497 e. The number of methoxy groups -OCH3 is 1. The number of carbonyl (C=O) groups is 1. The van der Waals surface area contributed by atoms with Crippen molar-refractivity contribution in [2.75, 3.05) is 18.2 Å². The van der Waals surface area contributed by atoms with Crippen molar-refractivity contribution in [3.05, 3.63) is 95.0 Å². The number of anilines is 1. The summed E-state index contributed by atoms with van der Waals surface area (Å²) in [5.41, 5.74) is 2.38. The standard InChI is InChI=1S/C24H20ClFN4O2S/c1-32-19-10-8-18(9-11-19)30-22(13-16-5-3-2-4-6-16)28-29-24(30)33-15-23(31)27-17-7-12-21(26)20(25)14-17/h2-12,14H,13,15H2,1H3,(H,27,31). The van der Waals surface area contributed by atoms with Gasteiger partial charge in [-0.15, -0.1) is 10.2 Å². The highest BCUT2D eigenvalue weighted by atomic mass is 35.5. The van der Waals surface area contributed by atoms with Gasteiger partial charge in [-0.2, -0.15) is 0 Å². The van der Waals surface area contributed by atoms with Gasteiger partial charge < -0.3 is 10.1 Å². The van der Waals surface area contributed by atoms with E-state index >= 15 is 0 Å². The zero-order chi connectivity index (χ0) is 23.2. The molecule has 6 nitrogen and oxygen atoms in total. The van der Waals surface area contributed by atoms with Gasteiger partial charge in [0.2, 0.25) is 5.91 Å². The van der Waals surface area contributed by atoms with Crippen LogP contribution in [0, 0.1) is 5.82 Å². The second-order valence-corrected chi connectivity index (χ2v) is 8.41. The van der Waals surface area contributed by atoms with Crippen molar-refractivity contribution in [2.45, 2.75) is 11.6 Å². The van der Waals surface area contributed by atoms with E-state index in [2.05, 4.69) is 15.5 Å². The molecule has 0 aliphatic carbocycles. The number of ether oxygens (including phenoxy) is 1. The molecule has 1 heterocycles. The molecule has 9 heteroatoms. The second-order valence-electron chi connectivity index (χ2n) is 7.06. The Labute approximate surface area is 199 Å². The van der Waals surface area contributed by atoms with E-state index in [-0.39, 0.29) is 16.7 Å². The van der Waals surface area contributed by atoms with E-state index in [0.717, 1.165) is 22.8 Å². The first kappa shape index (κ1) is 22.8. The number of rotatable bonds is 8. The minimum atomic E-state index is -0.539. The van der Waals surface area contributed by atoms with Crippen LogP contribution in [0.5, 0.6) is 5.75 Å². The Morgan fingerprint density at radius 3 is 2.55 bits per heavy atom. The van der Waals surface area contributed by atoms with Crippen LogP contribution in [0.4, 0.5) is 10.1 Å². The summed E-state index contributed by atoms with van der Waals surface area (Å²) in [6.07, 6.45) is 0.584. The maximum absolute atomic E-state index is 13.3. The van der Waals surface area contributed by atoms with Gasteiger partial charge in [-0.3, -0.25) is 9.36 Å². The van der Waals surface area contributed by atoms with Crippen molar-refractivity contribution in [2.24, 2.45) is 0 Å². The number of amides is 1. The molecule has 3 aromatic carbocycles. The van der Waals surface area contributed by atoms with E-state index in [9.17, 15) is 9.18 Å². The summed E-state index contributed by atoms with van der Waals surface area (Å²) >= 11 is 7.04. The highest BCUT2D eigenvalue weighted by molar-refractivity contribution is 7.99. The Balaban J connectivity index is 1.55. The lowest BCUT2D eigenvalue weighted by atomic mass is 10.1. The van der Waals surface area contributed by atoms with E-state index in [4.69, 9.17) is 16.3 Å². The Morgan fingerprint density at radius 2 is 1.85 bits per heavy atom. The summed E-state index contributed by atoms with van der Waals surface area (Å²) in [4.78, 5) is 12.5. The summed E-state index contributed by atoms with van der Waals surface area (Å²) in [5.74, 6) is 0.774. The zero-order valence-corrected chi connectivity index (χ0v) is 19.2. The summed E-state index contributed by atoms with van der Waals surface area (Å²) < 4.78 is 20.5. The largest absolute Gasteiger partial charge is 0.497 e. The van der Waals surface area contributed by atoms with Crippen molar-refractivity contribution >= 4 is 35.0 Å². The molecule has 0 aliphatic rings. The first-order valence-corrected chi connectivity index (χ1v) is 11.4. The Kier molecular flexibility index (Phi) is 7.26. The average molecular weight is 483 g/mol. The summed E-state index contributed by atoms with van der Waals surface area (Å²) in [5, 5.41) is 12.0. The molecule has 1 aromatic heterocycles. The molecule has 0 saturated heterocycles. The number of aromatic nitrogens is 3. The monoisotopic (exact) mass is 482 g/mol. The topological polar surface area (TPSA) is 69.0 Å². The first-order valence-electron chi connectivity index (χ1n) is 10.0. The molecule has 0 radical (unpaired) electrons. The van der Waals surface area contributed by atoms with Crippen molar-refractivity contribution in [1.29, 1.82) is 0 Å². The fourth-order valence-corrected chi connectivity index (χ4v) is 4.13. The maximum atomic E-state index is 13.3. The quantitative estimate of drug-likeness (QED) is 0.341. The van der Waals surface area contributed by atoms with Gasteiger partial charge in [-0.1, -0.05) is 53.7 Å². The molecule has 0 atom stereocenters. The predicted octanol–water partition coefficient (Wildman–Crippen LogP) is 5.39. The van der Waals surface area contributed by atoms with Gasteiger partial charge in [0.1, 0.15) is 17.4 Å². The molecular weight excluding hydrogens is 463 g/mol. The van der Waals surface area contributed by atoms with E-state index in [1.165, 1.54) is 30.0 Å². The molecule has 0 bridgehead atoms. The smallest absolute Gasteiger partial charge is 0.234 e. The van der Waals surface area contributed by atoms with Crippen LogP contribution in [0.2, 0.25) is 5.02 Å². The molecule has 0 unspecified atom stereocenters. The third-order valence-electron chi connectivity index (χ3n) is 4.77. The van der Waals surface area contributed by atoms with E-state index in [1.54, 1.807) is 7.11 Å². The van der Waals surface area contributed by atoms with E-state index < -0.39 is 5.82 Å². The summed E-state index contributed by atoms with van der Waals surface area (Å²) in [6, 6.07) is 21.6. The normalized spacial score (nSPS) is 10.8. The Morgan fingerprint density at radius 1 is 1.09 bits per heavy atom. The van der Waals surface area contributed by atoms with Crippen LogP contribution in [-0.4, -0.2) is 33.5 Å².